The molecule has 0 saturated heterocycles. The predicted molar refractivity (Wildman–Crippen MR) is 132 cm³/mol. The molecule has 1 heterocycles. The highest BCUT2D eigenvalue weighted by atomic mass is 32.1. The summed E-state index contributed by atoms with van der Waals surface area (Å²) in [6, 6.07) is 24.9. The van der Waals surface area contributed by atoms with E-state index in [0.29, 0.717) is 5.56 Å². The number of hydrogen-bond donors (Lipinski definition) is 1. The van der Waals surface area contributed by atoms with Gasteiger partial charge in [-0.25, -0.2) is 0 Å². The minimum atomic E-state index is -0.387. The highest BCUT2D eigenvalue weighted by Crippen LogP contribution is 2.39. The van der Waals surface area contributed by atoms with E-state index in [1.54, 1.807) is 17.4 Å². The van der Waals surface area contributed by atoms with Crippen molar-refractivity contribution in [3.63, 3.8) is 0 Å². The van der Waals surface area contributed by atoms with E-state index < -0.39 is 0 Å². The molecule has 0 aliphatic rings. The monoisotopic (exact) mass is 406 g/mol. The largest absolute Gasteiger partial charge is 0.355 e. The van der Waals surface area contributed by atoms with Crippen LogP contribution >= 0.6 is 11.3 Å². The van der Waals surface area contributed by atoms with Gasteiger partial charge >= 0.3 is 0 Å². The maximum Gasteiger partial charge on any atom is 0.0629 e. The molecule has 0 bridgehead atoms. The molecular formula is C28H19NS. The maximum atomic E-state index is 8.27. The fourth-order valence-corrected chi connectivity index (χ4v) is 5.17. The van der Waals surface area contributed by atoms with Crippen LogP contribution in [0.2, 0.25) is 0 Å². The summed E-state index contributed by atoms with van der Waals surface area (Å²) in [7, 11) is 0. The summed E-state index contributed by atoms with van der Waals surface area (Å²) in [4.78, 5) is 0. The van der Waals surface area contributed by atoms with Gasteiger partial charge in [0.05, 0.1) is 6.85 Å². The number of hydrogen-bond acceptors (Lipinski definition) is 2. The van der Waals surface area contributed by atoms with E-state index in [1.165, 1.54) is 30.9 Å². The van der Waals surface area contributed by atoms with Crippen molar-refractivity contribution in [1.82, 2.24) is 0 Å². The third-order valence-corrected chi connectivity index (χ3v) is 6.50. The Labute approximate surface area is 186 Å². The lowest BCUT2D eigenvalue weighted by molar-refractivity contribution is 1.56. The first kappa shape index (κ1) is 12.8. The number of nitrogens with one attached hydrogen (secondary N) is 1. The zero-order valence-corrected chi connectivity index (χ0v) is 16.7. The Hall–Kier alpha value is -3.62. The molecule has 2 heteroatoms. The molecule has 6 rings (SSSR count). The van der Waals surface area contributed by atoms with Crippen LogP contribution in [0.5, 0.6) is 0 Å². The van der Waals surface area contributed by atoms with Gasteiger partial charge in [0.15, 0.2) is 0 Å². The highest BCUT2D eigenvalue weighted by molar-refractivity contribution is 7.26. The van der Waals surface area contributed by atoms with E-state index in [9.17, 15) is 0 Å². The molecule has 0 radical (unpaired) electrons. The van der Waals surface area contributed by atoms with E-state index in [2.05, 4.69) is 53.8 Å². The normalized spacial score (nSPS) is 13.7. The summed E-state index contributed by atoms with van der Waals surface area (Å²) < 4.78 is 42.8. The smallest absolute Gasteiger partial charge is 0.0629 e. The summed E-state index contributed by atoms with van der Waals surface area (Å²) in [5.41, 5.74) is 2.47. The molecule has 6 aromatic rings. The molecule has 30 heavy (non-hydrogen) atoms. The van der Waals surface area contributed by atoms with Gasteiger partial charge < -0.3 is 5.32 Å². The molecule has 0 fully saturated rings. The predicted octanol–water partition coefficient (Wildman–Crippen LogP) is 8.62. The summed E-state index contributed by atoms with van der Waals surface area (Å²) in [5.74, 6) is 0. The zero-order valence-electron chi connectivity index (χ0n) is 20.9. The molecule has 0 aliphatic carbocycles. The lowest BCUT2D eigenvalue weighted by atomic mass is 10.0. The van der Waals surface area contributed by atoms with Gasteiger partial charge in [-0.15, -0.1) is 11.3 Å². The maximum absolute atomic E-state index is 8.27. The number of benzene rings is 5. The van der Waals surface area contributed by atoms with Gasteiger partial charge in [0.25, 0.3) is 0 Å². The molecule has 0 aliphatic heterocycles. The molecule has 0 amide bonds. The van der Waals surface area contributed by atoms with E-state index in [-0.39, 0.29) is 35.8 Å². The lowest BCUT2D eigenvalue weighted by Gasteiger charge is -2.09. The molecule has 1 nitrogen and oxygen atoms in total. The van der Waals surface area contributed by atoms with Gasteiger partial charge in [-0.1, -0.05) is 84.8 Å². The second-order valence-corrected chi connectivity index (χ2v) is 8.23. The van der Waals surface area contributed by atoms with Crippen LogP contribution in [0.25, 0.3) is 42.1 Å². The van der Waals surface area contributed by atoms with E-state index in [0.717, 1.165) is 11.4 Å². The van der Waals surface area contributed by atoms with Crippen molar-refractivity contribution >= 4 is 53.7 Å². The van der Waals surface area contributed by atoms with Crippen molar-refractivity contribution < 1.29 is 6.85 Å². The molecule has 0 spiro atoms. The first-order valence-electron chi connectivity index (χ1n) is 12.2. The first-order chi connectivity index (χ1) is 16.9. The summed E-state index contributed by atoms with van der Waals surface area (Å²) in [5, 5.41) is 8.37. The topological polar surface area (TPSA) is 12.0 Å². The Morgan fingerprint density at radius 2 is 1.47 bits per heavy atom. The van der Waals surface area contributed by atoms with Gasteiger partial charge in [0, 0.05) is 31.5 Å². The van der Waals surface area contributed by atoms with Crippen LogP contribution in [-0.4, -0.2) is 0 Å². The molecular weight excluding hydrogens is 382 g/mol. The minimum absolute atomic E-state index is 0.200. The van der Waals surface area contributed by atoms with E-state index >= 15 is 0 Å². The third kappa shape index (κ3) is 2.94. The van der Waals surface area contributed by atoms with Gasteiger partial charge in [0.2, 0.25) is 0 Å². The Kier molecular flexibility index (Phi) is 3.00. The fraction of sp³-hybridized carbons (Fsp3) is 0. The molecule has 5 aromatic carbocycles. The quantitative estimate of drug-likeness (QED) is 0.310. The Bertz CT molecular complexity index is 1760. The van der Waals surface area contributed by atoms with Crippen molar-refractivity contribution in [2.75, 3.05) is 5.32 Å². The SMILES string of the molecule is [2H]c1c([2H])c([2H])c(-c2cccc(Nc3ccc4c(c3)sc3c5ccccc5ccc43)c2)c([2H])c1[2H]. The average molecular weight is 407 g/mol. The third-order valence-electron chi connectivity index (χ3n) is 5.30. The van der Waals surface area contributed by atoms with Gasteiger partial charge in [-0.2, -0.15) is 0 Å². The number of anilines is 2. The average Bonchev–Trinajstić information content (AvgIpc) is 3.25. The van der Waals surface area contributed by atoms with Crippen LogP contribution < -0.4 is 5.32 Å². The minimum Gasteiger partial charge on any atom is -0.355 e. The molecule has 1 aromatic heterocycles. The Morgan fingerprint density at radius 1 is 0.633 bits per heavy atom. The van der Waals surface area contributed by atoms with E-state index in [1.807, 2.05) is 24.3 Å². The summed E-state index contributed by atoms with van der Waals surface area (Å²) in [6.45, 7) is 0. The first-order valence-corrected chi connectivity index (χ1v) is 10.5. The van der Waals surface area contributed by atoms with Gasteiger partial charge in [-0.05, 0) is 46.2 Å². The summed E-state index contributed by atoms with van der Waals surface area (Å²) >= 11 is 1.78. The number of rotatable bonds is 3. The van der Waals surface area contributed by atoms with Crippen LogP contribution in [0.15, 0.2) is 109 Å². The van der Waals surface area contributed by atoms with Crippen molar-refractivity contribution in [3.05, 3.63) is 109 Å². The van der Waals surface area contributed by atoms with Crippen molar-refractivity contribution in [3.8, 4) is 11.1 Å². The van der Waals surface area contributed by atoms with Crippen molar-refractivity contribution in [2.45, 2.75) is 0 Å². The molecule has 142 valence electrons. The van der Waals surface area contributed by atoms with Crippen LogP contribution in [-0.2, 0) is 0 Å². The number of fused-ring (bicyclic) bond motifs is 5. The van der Waals surface area contributed by atoms with Crippen LogP contribution in [0.1, 0.15) is 6.85 Å². The Balaban J connectivity index is 1.40. The van der Waals surface area contributed by atoms with Crippen LogP contribution in [0, 0.1) is 0 Å². The molecule has 0 saturated carbocycles. The lowest BCUT2D eigenvalue weighted by Crippen LogP contribution is -1.90. The number of thiophene rings is 1. The van der Waals surface area contributed by atoms with E-state index in [4.69, 9.17) is 6.85 Å². The van der Waals surface area contributed by atoms with Crippen molar-refractivity contribution in [2.24, 2.45) is 0 Å². The summed E-state index contributed by atoms with van der Waals surface area (Å²) in [6.07, 6.45) is 0. The second-order valence-electron chi connectivity index (χ2n) is 7.18. The van der Waals surface area contributed by atoms with Crippen LogP contribution in [0.4, 0.5) is 11.4 Å². The Morgan fingerprint density at radius 3 is 2.40 bits per heavy atom. The van der Waals surface area contributed by atoms with Crippen molar-refractivity contribution in [1.29, 1.82) is 0 Å². The fourth-order valence-electron chi connectivity index (χ4n) is 3.90. The highest BCUT2D eigenvalue weighted by Gasteiger charge is 2.09. The standard InChI is InChI=1S/C28H19NS/c1-2-7-19(8-3-1)21-10-6-11-22(17-21)29-23-14-16-25-26-15-13-20-9-4-5-12-24(20)28(26)30-27(25)18-23/h1-18,29H/i1D,2D,3D,7D,8D. The zero-order chi connectivity index (χ0) is 24.3. The van der Waals surface area contributed by atoms with Crippen LogP contribution in [0.3, 0.4) is 0 Å². The second kappa shape index (κ2) is 7.01. The molecule has 0 unspecified atom stereocenters. The van der Waals surface area contributed by atoms with Gasteiger partial charge in [0.1, 0.15) is 0 Å². The van der Waals surface area contributed by atoms with Gasteiger partial charge in [-0.3, -0.25) is 0 Å². The molecule has 0 atom stereocenters. The molecule has 1 N–H and O–H groups in total.